The zero-order valence-electron chi connectivity index (χ0n) is 9.94. The van der Waals surface area contributed by atoms with Crippen LogP contribution < -0.4 is 4.74 Å². The number of ether oxygens (including phenoxy) is 1. The first-order chi connectivity index (χ1) is 8.29. The quantitative estimate of drug-likeness (QED) is 0.847. The van der Waals surface area contributed by atoms with Gasteiger partial charge in [0.05, 0.1) is 6.61 Å². The lowest BCUT2D eigenvalue weighted by molar-refractivity contribution is 0.340. The highest BCUT2D eigenvalue weighted by atomic mass is 16.5. The molecule has 0 aromatic heterocycles. The van der Waals surface area contributed by atoms with Gasteiger partial charge in [0.1, 0.15) is 11.6 Å². The van der Waals surface area contributed by atoms with Crippen LogP contribution >= 0.6 is 0 Å². The molecule has 17 heavy (non-hydrogen) atoms. The molecule has 1 aliphatic rings. The summed E-state index contributed by atoms with van der Waals surface area (Å²) in [6.07, 6.45) is 5.26. The Kier molecular flexibility index (Phi) is 3.70. The fourth-order valence-electron chi connectivity index (χ4n) is 1.79. The van der Waals surface area contributed by atoms with Crippen molar-refractivity contribution in [1.82, 2.24) is 0 Å². The molecule has 1 aromatic rings. The number of nitrogens with zero attached hydrogens (tertiary/aromatic N) is 1. The fourth-order valence-corrected chi connectivity index (χ4v) is 1.79. The molecule has 2 rings (SSSR count). The summed E-state index contributed by atoms with van der Waals surface area (Å²) in [5.74, 6) is 1.34. The third kappa shape index (κ3) is 3.03. The molecule has 3 heteroatoms. The predicted molar refractivity (Wildman–Crippen MR) is 71.0 cm³/mol. The topological polar surface area (TPSA) is 45.4 Å². The molecule has 0 bridgehead atoms. The van der Waals surface area contributed by atoms with Crippen molar-refractivity contribution < 1.29 is 4.74 Å². The molecule has 3 nitrogen and oxygen atoms in total. The molecule has 0 aliphatic carbocycles. The Balaban J connectivity index is 2.14. The highest BCUT2D eigenvalue weighted by Gasteiger charge is 2.06. The van der Waals surface area contributed by atoms with Crippen molar-refractivity contribution in [3.8, 4) is 5.75 Å². The Morgan fingerprint density at radius 3 is 2.71 bits per heavy atom. The predicted octanol–water partition coefficient (Wildman–Crippen LogP) is 3.31. The summed E-state index contributed by atoms with van der Waals surface area (Å²) in [4.78, 5) is 4.00. The molecule has 0 radical (unpaired) electrons. The van der Waals surface area contributed by atoms with Crippen molar-refractivity contribution in [2.45, 2.75) is 19.8 Å². The highest BCUT2D eigenvalue weighted by Crippen LogP contribution is 2.23. The van der Waals surface area contributed by atoms with Gasteiger partial charge in [-0.3, -0.25) is 5.41 Å². The van der Waals surface area contributed by atoms with Crippen molar-refractivity contribution in [1.29, 1.82) is 5.41 Å². The van der Waals surface area contributed by atoms with Gasteiger partial charge >= 0.3 is 0 Å². The minimum absolute atomic E-state index is 0.446. The Bertz CT molecular complexity index is 458. The number of nitrogens with one attached hydrogen (secondary N) is 1. The van der Waals surface area contributed by atoms with Gasteiger partial charge < -0.3 is 4.74 Å². The van der Waals surface area contributed by atoms with Crippen molar-refractivity contribution in [2.24, 2.45) is 4.99 Å². The van der Waals surface area contributed by atoms with Gasteiger partial charge in [0, 0.05) is 12.6 Å². The van der Waals surface area contributed by atoms with Gasteiger partial charge in [0.25, 0.3) is 0 Å². The summed E-state index contributed by atoms with van der Waals surface area (Å²) in [5, 5.41) is 7.52. The summed E-state index contributed by atoms with van der Waals surface area (Å²) in [6.45, 7) is 2.66. The normalized spacial score (nSPS) is 15.4. The van der Waals surface area contributed by atoms with Crippen LogP contribution in [0.25, 0.3) is 5.57 Å². The lowest BCUT2D eigenvalue weighted by atomic mass is 10.0. The third-order valence-corrected chi connectivity index (χ3v) is 2.67. The van der Waals surface area contributed by atoms with E-state index in [2.05, 4.69) is 17.1 Å². The first-order valence-electron chi connectivity index (χ1n) is 5.83. The number of allylic oxidation sites excluding steroid dienone is 2. The number of rotatable bonds is 3. The second-order valence-electron chi connectivity index (χ2n) is 3.87. The maximum atomic E-state index is 7.52. The van der Waals surface area contributed by atoms with E-state index in [-0.39, 0.29) is 0 Å². The number of hydrogen-bond donors (Lipinski definition) is 1. The monoisotopic (exact) mass is 228 g/mol. The maximum absolute atomic E-state index is 7.52. The molecule has 0 fully saturated rings. The minimum Gasteiger partial charge on any atom is -0.494 e. The Hall–Kier alpha value is -1.90. The second-order valence-corrected chi connectivity index (χ2v) is 3.87. The van der Waals surface area contributed by atoms with Gasteiger partial charge in [0.2, 0.25) is 0 Å². The second kappa shape index (κ2) is 5.43. The van der Waals surface area contributed by atoms with E-state index in [0.29, 0.717) is 18.9 Å². The lowest BCUT2D eigenvalue weighted by Crippen LogP contribution is -1.92. The van der Waals surface area contributed by atoms with Crippen LogP contribution in [0.4, 0.5) is 0 Å². The SMILES string of the molecule is CCOc1ccc(C2=CC=NC(=N)CC2)cc1. The van der Waals surface area contributed by atoms with Gasteiger partial charge in [-0.25, -0.2) is 4.99 Å². The summed E-state index contributed by atoms with van der Waals surface area (Å²) in [6, 6.07) is 8.07. The molecule has 1 heterocycles. The summed E-state index contributed by atoms with van der Waals surface area (Å²) >= 11 is 0. The summed E-state index contributed by atoms with van der Waals surface area (Å²) in [5.41, 5.74) is 2.40. The number of benzene rings is 1. The summed E-state index contributed by atoms with van der Waals surface area (Å²) in [7, 11) is 0. The van der Waals surface area contributed by atoms with E-state index in [1.54, 1.807) is 6.21 Å². The van der Waals surface area contributed by atoms with E-state index in [4.69, 9.17) is 10.1 Å². The number of aliphatic imine (C=N–C) groups is 1. The van der Waals surface area contributed by atoms with Gasteiger partial charge in [-0.05, 0) is 42.7 Å². The zero-order chi connectivity index (χ0) is 12.1. The largest absolute Gasteiger partial charge is 0.494 e. The Morgan fingerprint density at radius 1 is 1.24 bits per heavy atom. The fraction of sp³-hybridized carbons (Fsp3) is 0.286. The van der Waals surface area contributed by atoms with Crippen LogP contribution in [0.15, 0.2) is 35.3 Å². The first kappa shape index (κ1) is 11.6. The molecule has 1 N–H and O–H groups in total. The average molecular weight is 228 g/mol. The molecular formula is C14H16N2O. The average Bonchev–Trinajstić information content (AvgIpc) is 2.56. The molecule has 1 aromatic carbocycles. The Morgan fingerprint density at radius 2 is 2.00 bits per heavy atom. The first-order valence-corrected chi connectivity index (χ1v) is 5.83. The molecule has 0 atom stereocenters. The van der Waals surface area contributed by atoms with Crippen LogP contribution in [0, 0.1) is 5.41 Å². The molecule has 0 spiro atoms. The van der Waals surface area contributed by atoms with Crippen molar-refractivity contribution in [3.63, 3.8) is 0 Å². The molecule has 0 saturated heterocycles. The van der Waals surface area contributed by atoms with Crippen LogP contribution in [-0.4, -0.2) is 18.7 Å². The van der Waals surface area contributed by atoms with E-state index >= 15 is 0 Å². The molecule has 1 aliphatic heterocycles. The van der Waals surface area contributed by atoms with E-state index in [0.717, 1.165) is 12.2 Å². The molecule has 0 amide bonds. The number of amidine groups is 1. The molecule has 88 valence electrons. The smallest absolute Gasteiger partial charge is 0.120 e. The minimum atomic E-state index is 0.446. The van der Waals surface area contributed by atoms with Crippen LogP contribution in [0.1, 0.15) is 25.3 Å². The standard InChI is InChI=1S/C14H16N2O/c1-2-17-13-6-3-11(4-7-13)12-5-8-14(15)16-10-9-12/h3-4,6-7,9-10,15H,2,5,8H2,1H3. The summed E-state index contributed by atoms with van der Waals surface area (Å²) < 4.78 is 5.41. The van der Waals surface area contributed by atoms with Crippen molar-refractivity contribution in [2.75, 3.05) is 6.61 Å². The maximum Gasteiger partial charge on any atom is 0.120 e. The van der Waals surface area contributed by atoms with E-state index in [9.17, 15) is 0 Å². The van der Waals surface area contributed by atoms with Crippen molar-refractivity contribution >= 4 is 17.6 Å². The van der Waals surface area contributed by atoms with Gasteiger partial charge in [0.15, 0.2) is 0 Å². The number of hydrogen-bond acceptors (Lipinski definition) is 2. The molecular weight excluding hydrogens is 212 g/mol. The van der Waals surface area contributed by atoms with E-state index in [1.165, 1.54) is 11.1 Å². The Labute approximate surface area is 101 Å². The molecule has 0 unspecified atom stereocenters. The lowest BCUT2D eigenvalue weighted by Gasteiger charge is -2.07. The van der Waals surface area contributed by atoms with Crippen LogP contribution in [0.3, 0.4) is 0 Å². The van der Waals surface area contributed by atoms with Gasteiger partial charge in [-0.1, -0.05) is 12.1 Å². The van der Waals surface area contributed by atoms with Crippen LogP contribution in [0.5, 0.6) is 5.75 Å². The van der Waals surface area contributed by atoms with E-state index in [1.807, 2.05) is 25.1 Å². The van der Waals surface area contributed by atoms with E-state index < -0.39 is 0 Å². The molecule has 0 saturated carbocycles. The van der Waals surface area contributed by atoms with Gasteiger partial charge in [-0.15, -0.1) is 0 Å². The zero-order valence-corrected chi connectivity index (χ0v) is 9.94. The highest BCUT2D eigenvalue weighted by molar-refractivity contribution is 5.97. The van der Waals surface area contributed by atoms with Gasteiger partial charge in [-0.2, -0.15) is 0 Å². The third-order valence-electron chi connectivity index (χ3n) is 2.67. The van der Waals surface area contributed by atoms with Crippen LogP contribution in [0.2, 0.25) is 0 Å². The van der Waals surface area contributed by atoms with Crippen LogP contribution in [-0.2, 0) is 0 Å². The van der Waals surface area contributed by atoms with Crippen molar-refractivity contribution in [3.05, 3.63) is 35.9 Å².